The number of anilines is 3. The normalized spacial score (nSPS) is 19.1. The first-order valence-electron chi connectivity index (χ1n) is 9.04. The van der Waals surface area contributed by atoms with Gasteiger partial charge in [0.1, 0.15) is 5.75 Å². The van der Waals surface area contributed by atoms with Crippen LogP contribution in [-0.4, -0.2) is 47.1 Å². The monoisotopic (exact) mass is 402 g/mol. The van der Waals surface area contributed by atoms with Gasteiger partial charge in [-0.1, -0.05) is 6.07 Å². The fraction of sp³-hybridized carbons (Fsp3) is 0.316. The fourth-order valence-electron chi connectivity index (χ4n) is 3.61. The number of rotatable bonds is 4. The van der Waals surface area contributed by atoms with Gasteiger partial charge < -0.3 is 20.3 Å². The van der Waals surface area contributed by atoms with Crippen LogP contribution < -0.4 is 25.0 Å². The number of ether oxygens (including phenoxy) is 1. The number of amides is 1. The van der Waals surface area contributed by atoms with Crippen molar-refractivity contribution >= 4 is 33.0 Å². The third kappa shape index (κ3) is 3.63. The van der Waals surface area contributed by atoms with E-state index in [1.54, 1.807) is 24.3 Å². The van der Waals surface area contributed by atoms with Crippen LogP contribution in [0.2, 0.25) is 0 Å². The number of methoxy groups -OCH3 is 1. The maximum Gasteiger partial charge on any atom is 0.262 e. The third-order valence-electron chi connectivity index (χ3n) is 4.96. The second-order valence-electron chi connectivity index (χ2n) is 6.82. The summed E-state index contributed by atoms with van der Waals surface area (Å²) < 4.78 is 33.1. The molecule has 2 aromatic carbocycles. The summed E-state index contributed by atoms with van der Waals surface area (Å²) in [6.45, 7) is 2.38. The predicted molar refractivity (Wildman–Crippen MR) is 107 cm³/mol. The molecule has 148 valence electrons. The number of carbonyl (C=O) groups is 1. The van der Waals surface area contributed by atoms with E-state index >= 15 is 0 Å². The Balaban J connectivity index is 1.64. The van der Waals surface area contributed by atoms with Crippen LogP contribution in [0.15, 0.2) is 47.4 Å². The van der Waals surface area contributed by atoms with Crippen LogP contribution in [0, 0.1) is 0 Å². The molecular formula is C19H22N4O4S. The minimum Gasteiger partial charge on any atom is -0.497 e. The smallest absolute Gasteiger partial charge is 0.262 e. The highest BCUT2D eigenvalue weighted by Crippen LogP contribution is 2.35. The number of fused-ring (bicyclic) bond motifs is 3. The van der Waals surface area contributed by atoms with Crippen molar-refractivity contribution in [3.8, 4) is 5.75 Å². The van der Waals surface area contributed by atoms with Crippen molar-refractivity contribution in [2.75, 3.05) is 41.7 Å². The molecule has 2 heterocycles. The lowest BCUT2D eigenvalue weighted by molar-refractivity contribution is -0.116. The Morgan fingerprint density at radius 2 is 2.07 bits per heavy atom. The minimum absolute atomic E-state index is 0.0785. The van der Waals surface area contributed by atoms with Crippen LogP contribution >= 0.6 is 0 Å². The zero-order chi connectivity index (χ0) is 19.7. The maximum absolute atomic E-state index is 12.7. The Hall–Kier alpha value is -2.78. The van der Waals surface area contributed by atoms with E-state index < -0.39 is 10.0 Å². The second kappa shape index (κ2) is 7.33. The largest absolute Gasteiger partial charge is 0.497 e. The summed E-state index contributed by atoms with van der Waals surface area (Å²) in [4.78, 5) is 14.6. The topological polar surface area (TPSA) is 99.8 Å². The molecule has 0 aromatic heterocycles. The van der Waals surface area contributed by atoms with Gasteiger partial charge in [-0.2, -0.15) is 0 Å². The van der Waals surface area contributed by atoms with Crippen molar-refractivity contribution in [2.24, 2.45) is 0 Å². The standard InChI is InChI=1S/C19H22N4O4S/c1-27-15-3-2-4-16(11-15)28(25,26)22-13-5-6-18-17(9-13)21-19(24)10-14-12-20-7-8-23(14)18/h2-6,9,11,14,20,22H,7-8,10,12H2,1H3,(H,21,24). The highest BCUT2D eigenvalue weighted by atomic mass is 32.2. The number of hydrogen-bond acceptors (Lipinski definition) is 6. The maximum atomic E-state index is 12.7. The van der Waals surface area contributed by atoms with Crippen molar-refractivity contribution < 1.29 is 17.9 Å². The Kier molecular flexibility index (Phi) is 4.86. The van der Waals surface area contributed by atoms with Gasteiger partial charge in [0.2, 0.25) is 5.91 Å². The van der Waals surface area contributed by atoms with Crippen LogP contribution in [0.4, 0.5) is 17.1 Å². The van der Waals surface area contributed by atoms with Gasteiger partial charge >= 0.3 is 0 Å². The van der Waals surface area contributed by atoms with Crippen LogP contribution in [-0.2, 0) is 14.8 Å². The number of sulfonamides is 1. The lowest BCUT2D eigenvalue weighted by Crippen LogP contribution is -2.51. The predicted octanol–water partition coefficient (Wildman–Crippen LogP) is 1.62. The highest BCUT2D eigenvalue weighted by Gasteiger charge is 2.30. The number of piperazine rings is 1. The van der Waals surface area contributed by atoms with Crippen LogP contribution in [0.1, 0.15) is 6.42 Å². The fourth-order valence-corrected chi connectivity index (χ4v) is 4.69. The lowest BCUT2D eigenvalue weighted by atomic mass is 10.1. The Labute approximate surface area is 163 Å². The third-order valence-corrected chi connectivity index (χ3v) is 6.33. The van der Waals surface area contributed by atoms with E-state index in [-0.39, 0.29) is 16.8 Å². The van der Waals surface area contributed by atoms with Gasteiger partial charge in [0.25, 0.3) is 10.0 Å². The summed E-state index contributed by atoms with van der Waals surface area (Å²) in [6, 6.07) is 11.6. The van der Waals surface area contributed by atoms with Gasteiger partial charge in [-0.3, -0.25) is 9.52 Å². The molecule has 0 saturated carbocycles. The zero-order valence-corrected chi connectivity index (χ0v) is 16.3. The summed E-state index contributed by atoms with van der Waals surface area (Å²) >= 11 is 0. The molecule has 2 aromatic rings. The van der Waals surface area contributed by atoms with E-state index in [1.165, 1.54) is 19.2 Å². The van der Waals surface area contributed by atoms with E-state index in [1.807, 2.05) is 6.07 Å². The number of nitrogens with one attached hydrogen (secondary N) is 3. The molecule has 4 rings (SSSR count). The Morgan fingerprint density at radius 3 is 2.89 bits per heavy atom. The van der Waals surface area contributed by atoms with Gasteiger partial charge in [0.05, 0.1) is 35.1 Å². The number of hydrogen-bond donors (Lipinski definition) is 3. The van der Waals surface area contributed by atoms with E-state index in [0.29, 0.717) is 23.5 Å². The Bertz CT molecular complexity index is 1010. The second-order valence-corrected chi connectivity index (χ2v) is 8.50. The molecule has 0 bridgehead atoms. The molecule has 9 heteroatoms. The van der Waals surface area contributed by atoms with E-state index in [9.17, 15) is 13.2 Å². The van der Waals surface area contributed by atoms with Gasteiger partial charge in [0, 0.05) is 32.1 Å². The number of nitrogens with zero attached hydrogens (tertiary/aromatic N) is 1. The summed E-state index contributed by atoms with van der Waals surface area (Å²) in [5, 5.41) is 6.21. The van der Waals surface area contributed by atoms with Gasteiger partial charge in [-0.25, -0.2) is 8.42 Å². The molecule has 1 saturated heterocycles. The molecule has 0 radical (unpaired) electrons. The summed E-state index contributed by atoms with van der Waals surface area (Å²) in [6.07, 6.45) is 0.395. The van der Waals surface area contributed by atoms with Crippen LogP contribution in [0.25, 0.3) is 0 Å². The summed E-state index contributed by atoms with van der Waals surface area (Å²) in [5.41, 5.74) is 1.90. The molecule has 8 nitrogen and oxygen atoms in total. The van der Waals surface area contributed by atoms with Crippen molar-refractivity contribution in [1.82, 2.24) is 5.32 Å². The number of benzene rings is 2. The molecular weight excluding hydrogens is 380 g/mol. The van der Waals surface area contributed by atoms with Gasteiger partial charge in [-0.05, 0) is 30.3 Å². The summed E-state index contributed by atoms with van der Waals surface area (Å²) in [5.74, 6) is 0.382. The van der Waals surface area contributed by atoms with Crippen LogP contribution in [0.3, 0.4) is 0 Å². The molecule has 1 fully saturated rings. The zero-order valence-electron chi connectivity index (χ0n) is 15.4. The molecule has 0 aliphatic carbocycles. The highest BCUT2D eigenvalue weighted by molar-refractivity contribution is 7.92. The quantitative estimate of drug-likeness (QED) is 0.719. The molecule has 1 amide bonds. The summed E-state index contributed by atoms with van der Waals surface area (Å²) in [7, 11) is -2.30. The molecule has 2 aliphatic rings. The SMILES string of the molecule is COc1cccc(S(=O)(=O)Nc2ccc3c(c2)NC(=O)CC2CNCCN32)c1. The number of carbonyl (C=O) groups excluding carboxylic acids is 1. The van der Waals surface area contributed by atoms with Crippen molar-refractivity contribution in [1.29, 1.82) is 0 Å². The molecule has 0 spiro atoms. The molecule has 2 aliphatic heterocycles. The molecule has 1 unspecified atom stereocenters. The minimum atomic E-state index is -3.78. The van der Waals surface area contributed by atoms with Crippen molar-refractivity contribution in [3.05, 3.63) is 42.5 Å². The first kappa shape index (κ1) is 18.6. The first-order chi connectivity index (χ1) is 13.5. The average molecular weight is 402 g/mol. The first-order valence-corrected chi connectivity index (χ1v) is 10.5. The van der Waals surface area contributed by atoms with Gasteiger partial charge in [-0.15, -0.1) is 0 Å². The molecule has 3 N–H and O–H groups in total. The molecule has 1 atom stereocenters. The van der Waals surface area contributed by atoms with E-state index in [4.69, 9.17) is 4.74 Å². The van der Waals surface area contributed by atoms with Crippen LogP contribution in [0.5, 0.6) is 5.75 Å². The van der Waals surface area contributed by atoms with E-state index in [2.05, 4.69) is 20.3 Å². The van der Waals surface area contributed by atoms with E-state index in [0.717, 1.165) is 25.3 Å². The van der Waals surface area contributed by atoms with Crippen molar-refractivity contribution in [3.63, 3.8) is 0 Å². The molecule has 28 heavy (non-hydrogen) atoms. The van der Waals surface area contributed by atoms with Crippen molar-refractivity contribution in [2.45, 2.75) is 17.4 Å². The van der Waals surface area contributed by atoms with Gasteiger partial charge in [0.15, 0.2) is 0 Å². The Morgan fingerprint density at radius 1 is 1.21 bits per heavy atom. The lowest BCUT2D eigenvalue weighted by Gasteiger charge is -2.36. The average Bonchev–Trinajstić information content (AvgIpc) is 2.82.